The molecule has 1 amide bonds. The summed E-state index contributed by atoms with van der Waals surface area (Å²) in [5, 5.41) is 3.87. The molecule has 5 rings (SSSR count). The average Bonchev–Trinajstić information content (AvgIpc) is 3.29. The van der Waals surface area contributed by atoms with Gasteiger partial charge in [0.15, 0.2) is 0 Å². The van der Waals surface area contributed by atoms with E-state index in [4.69, 9.17) is 16.3 Å². The molecule has 1 aliphatic heterocycles. The van der Waals surface area contributed by atoms with Crippen LogP contribution in [0.1, 0.15) is 35.7 Å². The van der Waals surface area contributed by atoms with Crippen LogP contribution >= 0.6 is 11.6 Å². The lowest BCUT2D eigenvalue weighted by Gasteiger charge is -2.32. The van der Waals surface area contributed by atoms with E-state index >= 15 is 0 Å². The molecule has 0 aliphatic carbocycles. The zero-order chi connectivity index (χ0) is 24.2. The van der Waals surface area contributed by atoms with Crippen molar-refractivity contribution in [3.8, 4) is 17.1 Å². The number of amides is 1. The Hall–Kier alpha value is -3.35. The van der Waals surface area contributed by atoms with Crippen LogP contribution in [0.5, 0.6) is 5.75 Å². The molecule has 3 aromatic carbocycles. The third-order valence-electron chi connectivity index (χ3n) is 6.41. The van der Waals surface area contributed by atoms with Crippen molar-refractivity contribution in [1.29, 1.82) is 0 Å². The largest absolute Gasteiger partial charge is 0.493 e. The van der Waals surface area contributed by atoms with Crippen molar-refractivity contribution in [2.75, 3.05) is 19.7 Å². The highest BCUT2D eigenvalue weighted by Gasteiger charge is 2.22. The predicted molar refractivity (Wildman–Crippen MR) is 140 cm³/mol. The molecule has 4 aromatic rings. The van der Waals surface area contributed by atoms with Crippen LogP contribution < -0.4 is 10.1 Å². The average molecular weight is 489 g/mol. The second-order valence-electron chi connectivity index (χ2n) is 8.90. The first-order valence-corrected chi connectivity index (χ1v) is 12.5. The van der Waals surface area contributed by atoms with Gasteiger partial charge in [0.2, 0.25) is 0 Å². The van der Waals surface area contributed by atoms with Crippen molar-refractivity contribution >= 4 is 28.5 Å². The van der Waals surface area contributed by atoms with Gasteiger partial charge in [-0.2, -0.15) is 0 Å². The summed E-state index contributed by atoms with van der Waals surface area (Å²) >= 11 is 6.12. The third-order valence-corrected chi connectivity index (χ3v) is 6.65. The molecule has 0 atom stereocenters. The summed E-state index contributed by atoms with van der Waals surface area (Å²) in [7, 11) is 0. The first-order valence-electron chi connectivity index (χ1n) is 12.1. The maximum absolute atomic E-state index is 13.0. The lowest BCUT2D eigenvalue weighted by Crippen LogP contribution is -2.44. The first kappa shape index (κ1) is 23.4. The minimum absolute atomic E-state index is 0.0737. The molecule has 1 aromatic heterocycles. The van der Waals surface area contributed by atoms with Gasteiger partial charge in [0.05, 0.1) is 23.2 Å². The van der Waals surface area contributed by atoms with E-state index < -0.39 is 0 Å². The standard InChI is InChI=1S/C28H29ClN4O2/c1-2-35-26-16-20(8-10-23(26)27-31-24-11-9-21(29)17-25(24)32-27)28(34)30-22-12-14-33(15-13-22)18-19-6-4-3-5-7-19/h3-11,16-17,22H,2,12-15,18H2,1H3,(H,30,34)(H,31,32). The number of benzene rings is 3. The van der Waals surface area contributed by atoms with Crippen LogP contribution in [0.3, 0.4) is 0 Å². The highest BCUT2D eigenvalue weighted by atomic mass is 35.5. The number of fused-ring (bicyclic) bond motifs is 1. The smallest absolute Gasteiger partial charge is 0.251 e. The summed E-state index contributed by atoms with van der Waals surface area (Å²) in [4.78, 5) is 23.5. The SMILES string of the molecule is CCOc1cc(C(=O)NC2CCN(Cc3ccccc3)CC2)ccc1-c1nc2ccc(Cl)cc2[nH]1. The fraction of sp³-hybridized carbons (Fsp3) is 0.286. The number of likely N-dealkylation sites (tertiary alicyclic amines) is 1. The number of hydrogen-bond donors (Lipinski definition) is 2. The van der Waals surface area contributed by atoms with Crippen LogP contribution in [0, 0.1) is 0 Å². The topological polar surface area (TPSA) is 70.2 Å². The van der Waals surface area contributed by atoms with Gasteiger partial charge in [-0.05, 0) is 61.7 Å². The van der Waals surface area contributed by atoms with Crippen LogP contribution in [0.2, 0.25) is 5.02 Å². The van der Waals surface area contributed by atoms with Crippen molar-refractivity contribution < 1.29 is 9.53 Å². The van der Waals surface area contributed by atoms with E-state index in [2.05, 4.69) is 44.5 Å². The number of nitrogens with zero attached hydrogens (tertiary/aromatic N) is 2. The van der Waals surface area contributed by atoms with E-state index in [1.165, 1.54) is 5.56 Å². The van der Waals surface area contributed by atoms with Gasteiger partial charge in [0.1, 0.15) is 11.6 Å². The van der Waals surface area contributed by atoms with Crippen LogP contribution in [-0.2, 0) is 6.54 Å². The molecule has 0 radical (unpaired) electrons. The van der Waals surface area contributed by atoms with Crippen molar-refractivity contribution in [2.24, 2.45) is 0 Å². The second kappa shape index (κ2) is 10.5. The summed E-state index contributed by atoms with van der Waals surface area (Å²) in [6.45, 7) is 5.31. The Morgan fingerprint density at radius 3 is 2.69 bits per heavy atom. The Morgan fingerprint density at radius 1 is 1.11 bits per heavy atom. The van der Waals surface area contributed by atoms with Crippen LogP contribution in [0.15, 0.2) is 66.7 Å². The van der Waals surface area contributed by atoms with Gasteiger partial charge in [-0.15, -0.1) is 0 Å². The van der Waals surface area contributed by atoms with E-state index in [-0.39, 0.29) is 11.9 Å². The highest BCUT2D eigenvalue weighted by Crippen LogP contribution is 2.31. The summed E-state index contributed by atoms with van der Waals surface area (Å²) in [6.07, 6.45) is 1.88. The molecule has 2 N–H and O–H groups in total. The van der Waals surface area contributed by atoms with Gasteiger partial charge >= 0.3 is 0 Å². The molecule has 35 heavy (non-hydrogen) atoms. The van der Waals surface area contributed by atoms with Crippen molar-refractivity contribution in [1.82, 2.24) is 20.2 Å². The van der Waals surface area contributed by atoms with E-state index in [0.717, 1.165) is 49.1 Å². The maximum Gasteiger partial charge on any atom is 0.251 e. The molecular weight excluding hydrogens is 460 g/mol. The number of halogens is 1. The van der Waals surface area contributed by atoms with E-state index in [9.17, 15) is 4.79 Å². The third kappa shape index (κ3) is 5.50. The zero-order valence-corrected chi connectivity index (χ0v) is 20.5. The first-order chi connectivity index (χ1) is 17.1. The molecule has 1 saturated heterocycles. The monoisotopic (exact) mass is 488 g/mol. The number of piperidine rings is 1. The minimum Gasteiger partial charge on any atom is -0.493 e. The van der Waals surface area contributed by atoms with Crippen molar-refractivity contribution in [2.45, 2.75) is 32.4 Å². The van der Waals surface area contributed by atoms with Crippen molar-refractivity contribution in [3.05, 3.63) is 82.9 Å². The number of H-pyrrole nitrogens is 1. The second-order valence-corrected chi connectivity index (χ2v) is 9.34. The van der Waals surface area contributed by atoms with Crippen molar-refractivity contribution in [3.63, 3.8) is 0 Å². The molecular formula is C28H29ClN4O2. The lowest BCUT2D eigenvalue weighted by atomic mass is 10.0. The summed E-state index contributed by atoms with van der Waals surface area (Å²) < 4.78 is 5.89. The molecule has 6 nitrogen and oxygen atoms in total. The Morgan fingerprint density at radius 2 is 1.91 bits per heavy atom. The number of aromatic amines is 1. The van der Waals surface area contributed by atoms with Gasteiger partial charge in [0, 0.05) is 36.3 Å². The molecule has 1 aliphatic rings. The Labute approximate surface area is 210 Å². The molecule has 0 saturated carbocycles. The molecule has 2 heterocycles. The van der Waals surface area contributed by atoms with E-state index in [1.807, 2.05) is 43.3 Å². The number of rotatable bonds is 7. The fourth-order valence-corrected chi connectivity index (χ4v) is 4.76. The predicted octanol–water partition coefficient (Wildman–Crippen LogP) is 5.68. The molecule has 0 bridgehead atoms. The fourth-order valence-electron chi connectivity index (χ4n) is 4.59. The number of ether oxygens (including phenoxy) is 1. The van der Waals surface area contributed by atoms with Gasteiger partial charge < -0.3 is 15.0 Å². The molecule has 1 fully saturated rings. The number of hydrogen-bond acceptors (Lipinski definition) is 4. The Bertz CT molecular complexity index is 1310. The number of carbonyl (C=O) groups is 1. The molecule has 0 unspecified atom stereocenters. The lowest BCUT2D eigenvalue weighted by molar-refractivity contribution is 0.0908. The van der Waals surface area contributed by atoms with Crippen LogP contribution in [-0.4, -0.2) is 46.5 Å². The van der Waals surface area contributed by atoms with Gasteiger partial charge in [-0.25, -0.2) is 4.98 Å². The summed E-state index contributed by atoms with van der Waals surface area (Å²) in [5.41, 5.74) is 4.40. The number of aromatic nitrogens is 2. The van der Waals surface area contributed by atoms with E-state index in [1.54, 1.807) is 6.07 Å². The van der Waals surface area contributed by atoms with Crippen LogP contribution in [0.4, 0.5) is 0 Å². The summed E-state index contributed by atoms with van der Waals surface area (Å²) in [6, 6.07) is 21.8. The molecule has 0 spiro atoms. The number of imidazole rings is 1. The maximum atomic E-state index is 13.0. The number of carbonyl (C=O) groups excluding carboxylic acids is 1. The Balaban J connectivity index is 1.25. The Kier molecular flexibility index (Phi) is 7.02. The highest BCUT2D eigenvalue weighted by molar-refractivity contribution is 6.31. The van der Waals surface area contributed by atoms with Gasteiger partial charge in [-0.1, -0.05) is 41.9 Å². The number of nitrogens with one attached hydrogen (secondary N) is 2. The normalized spacial score (nSPS) is 14.8. The van der Waals surface area contributed by atoms with Crippen LogP contribution in [0.25, 0.3) is 22.4 Å². The zero-order valence-electron chi connectivity index (χ0n) is 19.8. The quantitative estimate of drug-likeness (QED) is 0.351. The van der Waals surface area contributed by atoms with Gasteiger partial charge in [0.25, 0.3) is 5.91 Å². The van der Waals surface area contributed by atoms with Gasteiger partial charge in [-0.3, -0.25) is 9.69 Å². The molecule has 180 valence electrons. The summed E-state index contributed by atoms with van der Waals surface area (Å²) in [5.74, 6) is 1.24. The van der Waals surface area contributed by atoms with E-state index in [0.29, 0.717) is 28.8 Å². The molecule has 7 heteroatoms. The minimum atomic E-state index is -0.0737.